The Kier molecular flexibility index (Phi) is 8.82. The van der Waals surface area contributed by atoms with Crippen molar-refractivity contribution in [1.29, 1.82) is 0 Å². The lowest BCUT2D eigenvalue weighted by Gasteiger charge is -2.22. The minimum atomic E-state index is -3.53. The van der Waals surface area contributed by atoms with Gasteiger partial charge in [-0.1, -0.05) is 35.1 Å². The van der Waals surface area contributed by atoms with Gasteiger partial charge in [-0.05, 0) is 64.2 Å². The predicted octanol–water partition coefficient (Wildman–Crippen LogP) is 4.40. The number of sulfone groups is 1. The van der Waals surface area contributed by atoms with Gasteiger partial charge in [-0.3, -0.25) is 9.69 Å². The van der Waals surface area contributed by atoms with Crippen molar-refractivity contribution < 1.29 is 13.2 Å². The molecule has 3 aromatic rings. The van der Waals surface area contributed by atoms with E-state index in [-0.39, 0.29) is 35.4 Å². The number of anilines is 1. The molecule has 0 aliphatic rings. The van der Waals surface area contributed by atoms with Crippen LogP contribution < -0.4 is 4.90 Å². The van der Waals surface area contributed by atoms with Gasteiger partial charge in [0.25, 0.3) is 0 Å². The molecule has 0 atom stereocenters. The Bertz CT molecular complexity index is 1190. The number of aryl methyl sites for hydroxylation is 3. The molecule has 32 heavy (non-hydrogen) atoms. The van der Waals surface area contributed by atoms with Crippen LogP contribution in [0.2, 0.25) is 0 Å². The fourth-order valence-electron chi connectivity index (χ4n) is 3.32. The van der Waals surface area contributed by atoms with Crippen LogP contribution >= 0.6 is 23.7 Å². The van der Waals surface area contributed by atoms with Crippen molar-refractivity contribution in [1.82, 2.24) is 9.88 Å². The lowest BCUT2D eigenvalue weighted by atomic mass is 10.1. The van der Waals surface area contributed by atoms with Gasteiger partial charge in [0.1, 0.15) is 0 Å². The summed E-state index contributed by atoms with van der Waals surface area (Å²) in [7, 11) is 0.351. The molecule has 0 aliphatic heterocycles. The average molecular weight is 496 g/mol. The highest BCUT2D eigenvalue weighted by Gasteiger charge is 2.23. The maximum atomic E-state index is 13.1. The third-order valence-electron chi connectivity index (χ3n) is 5.09. The van der Waals surface area contributed by atoms with Crippen LogP contribution in [0.4, 0.5) is 5.13 Å². The lowest BCUT2D eigenvalue weighted by Crippen LogP contribution is -2.37. The number of fused-ring (bicyclic) bond motifs is 1. The zero-order valence-corrected chi connectivity index (χ0v) is 21.5. The minimum absolute atomic E-state index is 0. The summed E-state index contributed by atoms with van der Waals surface area (Å²) < 4.78 is 26.4. The molecule has 0 N–H and O–H groups in total. The SMILES string of the molecule is Cc1ccc(S(=O)(=O)CCC(=O)N(CCN(C)C)c2nc3c(C)cc(C)cc3s2)cc1.Cl. The molecule has 0 unspecified atom stereocenters. The average Bonchev–Trinajstić information content (AvgIpc) is 3.10. The van der Waals surface area contributed by atoms with Crippen LogP contribution in [0.3, 0.4) is 0 Å². The fourth-order valence-corrected chi connectivity index (χ4v) is 5.74. The van der Waals surface area contributed by atoms with Gasteiger partial charge in [0.05, 0.1) is 20.9 Å². The molecule has 1 aromatic heterocycles. The number of hydrogen-bond acceptors (Lipinski definition) is 6. The van der Waals surface area contributed by atoms with Crippen LogP contribution in [0.1, 0.15) is 23.1 Å². The Morgan fingerprint density at radius 3 is 2.28 bits per heavy atom. The summed E-state index contributed by atoms with van der Waals surface area (Å²) in [6.07, 6.45) is -0.0857. The van der Waals surface area contributed by atoms with Gasteiger partial charge in [-0.2, -0.15) is 0 Å². The topological polar surface area (TPSA) is 70.6 Å². The number of nitrogens with zero attached hydrogens (tertiary/aromatic N) is 3. The Morgan fingerprint density at radius 1 is 1.00 bits per heavy atom. The van der Waals surface area contributed by atoms with E-state index in [0.717, 1.165) is 26.9 Å². The van der Waals surface area contributed by atoms with Crippen LogP contribution in [0.25, 0.3) is 10.2 Å². The summed E-state index contributed by atoms with van der Waals surface area (Å²) >= 11 is 1.47. The van der Waals surface area contributed by atoms with E-state index in [2.05, 4.69) is 12.1 Å². The summed E-state index contributed by atoms with van der Waals surface area (Å²) in [5.41, 5.74) is 4.10. The number of likely N-dealkylation sites (N-methyl/N-ethyl adjacent to an activating group) is 1. The third-order valence-corrected chi connectivity index (χ3v) is 7.84. The van der Waals surface area contributed by atoms with E-state index in [0.29, 0.717) is 18.2 Å². The first-order valence-corrected chi connectivity index (χ1v) is 12.7. The summed E-state index contributed by atoms with van der Waals surface area (Å²) in [5, 5.41) is 0.614. The highest BCUT2D eigenvalue weighted by molar-refractivity contribution is 7.91. The summed E-state index contributed by atoms with van der Waals surface area (Å²) in [5.74, 6) is -0.456. The molecular weight excluding hydrogens is 466 g/mol. The minimum Gasteiger partial charge on any atom is -0.308 e. The third kappa shape index (κ3) is 6.28. The summed E-state index contributed by atoms with van der Waals surface area (Å²) in [6, 6.07) is 10.9. The van der Waals surface area contributed by atoms with E-state index < -0.39 is 9.84 Å². The first kappa shape index (κ1) is 26.3. The molecule has 6 nitrogen and oxygen atoms in total. The summed E-state index contributed by atoms with van der Waals surface area (Å²) in [4.78, 5) is 21.7. The Morgan fingerprint density at radius 2 is 1.66 bits per heavy atom. The van der Waals surface area contributed by atoms with Gasteiger partial charge in [0.2, 0.25) is 5.91 Å². The Labute approximate surface area is 200 Å². The number of halogens is 1. The van der Waals surface area contributed by atoms with Crippen molar-refractivity contribution in [2.75, 3.05) is 37.8 Å². The quantitative estimate of drug-likeness (QED) is 0.463. The monoisotopic (exact) mass is 495 g/mol. The van der Waals surface area contributed by atoms with E-state index in [1.165, 1.54) is 11.3 Å². The van der Waals surface area contributed by atoms with Crippen molar-refractivity contribution in [2.24, 2.45) is 0 Å². The fraction of sp³-hybridized carbons (Fsp3) is 0.391. The van der Waals surface area contributed by atoms with Gasteiger partial charge < -0.3 is 4.90 Å². The molecule has 2 aromatic carbocycles. The number of aromatic nitrogens is 1. The zero-order valence-electron chi connectivity index (χ0n) is 19.1. The molecule has 9 heteroatoms. The number of benzene rings is 2. The van der Waals surface area contributed by atoms with Crippen LogP contribution in [0, 0.1) is 20.8 Å². The molecule has 1 heterocycles. The lowest BCUT2D eigenvalue weighted by molar-refractivity contribution is -0.118. The molecule has 1 amide bonds. The maximum absolute atomic E-state index is 13.1. The smallest absolute Gasteiger partial charge is 0.229 e. The van der Waals surface area contributed by atoms with Crippen LogP contribution in [-0.2, 0) is 14.6 Å². The van der Waals surface area contributed by atoms with Crippen molar-refractivity contribution in [3.8, 4) is 0 Å². The Hall–Kier alpha value is -2.00. The van der Waals surface area contributed by atoms with Gasteiger partial charge in [-0.25, -0.2) is 13.4 Å². The van der Waals surface area contributed by atoms with E-state index in [4.69, 9.17) is 4.98 Å². The molecule has 0 saturated carbocycles. The van der Waals surface area contributed by atoms with Gasteiger partial charge in [-0.15, -0.1) is 12.4 Å². The maximum Gasteiger partial charge on any atom is 0.229 e. The van der Waals surface area contributed by atoms with Crippen molar-refractivity contribution in [3.05, 3.63) is 53.1 Å². The standard InChI is InChI=1S/C23H29N3O3S2.ClH/c1-16-6-8-19(9-7-16)31(28,29)13-10-21(27)26(12-11-25(4)5)23-24-22-18(3)14-17(2)15-20(22)30-23;/h6-9,14-15H,10-13H2,1-5H3;1H. The first-order valence-electron chi connectivity index (χ1n) is 10.2. The van der Waals surface area contributed by atoms with E-state index in [1.807, 2.05) is 39.8 Å². The zero-order chi connectivity index (χ0) is 22.8. The largest absolute Gasteiger partial charge is 0.308 e. The van der Waals surface area contributed by atoms with Crippen LogP contribution in [0.5, 0.6) is 0 Å². The molecular formula is C23H30ClN3O3S2. The van der Waals surface area contributed by atoms with Crippen LogP contribution in [-0.4, -0.2) is 57.1 Å². The Balaban J connectivity index is 0.00000363. The highest BCUT2D eigenvalue weighted by atomic mass is 35.5. The van der Waals surface area contributed by atoms with Crippen molar-refractivity contribution in [3.63, 3.8) is 0 Å². The molecule has 0 aliphatic carbocycles. The number of thiazole rings is 1. The highest BCUT2D eigenvalue weighted by Crippen LogP contribution is 2.32. The number of rotatable bonds is 8. The number of amides is 1. The molecule has 0 radical (unpaired) electrons. The van der Waals surface area contributed by atoms with Crippen molar-refractivity contribution >= 4 is 54.8 Å². The van der Waals surface area contributed by atoms with Gasteiger partial charge >= 0.3 is 0 Å². The predicted molar refractivity (Wildman–Crippen MR) is 135 cm³/mol. The number of hydrogen-bond donors (Lipinski definition) is 0. The number of carbonyl (C=O) groups excluding carboxylic acids is 1. The van der Waals surface area contributed by atoms with Crippen molar-refractivity contribution in [2.45, 2.75) is 32.1 Å². The van der Waals surface area contributed by atoms with Crippen LogP contribution in [0.15, 0.2) is 41.3 Å². The van der Waals surface area contributed by atoms with Gasteiger partial charge in [0, 0.05) is 19.5 Å². The second-order valence-electron chi connectivity index (χ2n) is 8.16. The molecule has 0 saturated heterocycles. The molecule has 3 rings (SSSR count). The molecule has 0 spiro atoms. The first-order chi connectivity index (χ1) is 14.6. The van der Waals surface area contributed by atoms with E-state index in [1.54, 1.807) is 29.2 Å². The normalized spacial score (nSPS) is 11.6. The van der Waals surface area contributed by atoms with E-state index in [9.17, 15) is 13.2 Å². The molecule has 0 fully saturated rings. The summed E-state index contributed by atoms with van der Waals surface area (Å²) in [6.45, 7) is 7.07. The second-order valence-corrected chi connectivity index (χ2v) is 11.3. The van der Waals surface area contributed by atoms with Gasteiger partial charge in [0.15, 0.2) is 15.0 Å². The molecule has 0 bridgehead atoms. The second kappa shape index (κ2) is 10.7. The number of carbonyl (C=O) groups is 1. The molecule has 174 valence electrons. The van der Waals surface area contributed by atoms with E-state index >= 15 is 0 Å².